The fourth-order valence-electron chi connectivity index (χ4n) is 2.62. The lowest BCUT2D eigenvalue weighted by Crippen LogP contribution is -2.42. The van der Waals surface area contributed by atoms with Crippen molar-refractivity contribution in [1.82, 2.24) is 5.32 Å². The van der Waals surface area contributed by atoms with E-state index in [0.29, 0.717) is 28.7 Å². The van der Waals surface area contributed by atoms with Gasteiger partial charge in [0.1, 0.15) is 6.54 Å². The van der Waals surface area contributed by atoms with Crippen molar-refractivity contribution < 1.29 is 13.2 Å². The van der Waals surface area contributed by atoms with Gasteiger partial charge in [0.05, 0.1) is 10.6 Å². The van der Waals surface area contributed by atoms with Gasteiger partial charge in [0.15, 0.2) is 0 Å². The molecule has 0 aliphatic rings. The van der Waals surface area contributed by atoms with E-state index in [0.717, 1.165) is 16.3 Å². The molecule has 2 rings (SSSR count). The molecule has 152 valence electrons. The van der Waals surface area contributed by atoms with Gasteiger partial charge in [-0.25, -0.2) is 8.42 Å². The SMILES string of the molecule is CCC(C)CNC(=O)CN(c1cccc(Cl)c1C)S(=O)(=O)c1ccc(C)cc1. The van der Waals surface area contributed by atoms with Crippen LogP contribution in [0.5, 0.6) is 0 Å². The summed E-state index contributed by atoms with van der Waals surface area (Å²) >= 11 is 6.21. The molecule has 0 saturated carbocycles. The molecule has 1 unspecified atom stereocenters. The van der Waals surface area contributed by atoms with Crippen molar-refractivity contribution in [2.24, 2.45) is 5.92 Å². The Morgan fingerprint density at radius 2 is 1.79 bits per heavy atom. The second-order valence-corrected chi connectivity index (χ2v) is 9.30. The molecule has 5 nitrogen and oxygen atoms in total. The van der Waals surface area contributed by atoms with Crippen molar-refractivity contribution in [2.45, 2.75) is 39.0 Å². The average Bonchev–Trinajstić information content (AvgIpc) is 2.67. The molecule has 0 radical (unpaired) electrons. The molecule has 2 aromatic rings. The number of anilines is 1. The number of carbonyl (C=O) groups is 1. The molecule has 7 heteroatoms. The maximum atomic E-state index is 13.3. The maximum absolute atomic E-state index is 13.3. The quantitative estimate of drug-likeness (QED) is 0.689. The Morgan fingerprint density at radius 3 is 2.39 bits per heavy atom. The molecule has 1 N–H and O–H groups in total. The number of carbonyl (C=O) groups excluding carboxylic acids is 1. The molecule has 0 spiro atoms. The molecular formula is C21H27ClN2O3S. The molecule has 1 amide bonds. The van der Waals surface area contributed by atoms with Crippen LogP contribution in [0.1, 0.15) is 31.4 Å². The van der Waals surface area contributed by atoms with Gasteiger partial charge in [-0.05, 0) is 49.6 Å². The largest absolute Gasteiger partial charge is 0.354 e. The minimum Gasteiger partial charge on any atom is -0.354 e. The minimum absolute atomic E-state index is 0.132. The first-order valence-corrected chi connectivity index (χ1v) is 11.1. The summed E-state index contributed by atoms with van der Waals surface area (Å²) < 4.78 is 27.8. The van der Waals surface area contributed by atoms with Crippen molar-refractivity contribution in [3.63, 3.8) is 0 Å². The summed E-state index contributed by atoms with van der Waals surface area (Å²) in [5.41, 5.74) is 1.96. The number of nitrogens with zero attached hydrogens (tertiary/aromatic N) is 1. The number of amides is 1. The standard InChI is InChI=1S/C21H27ClN2O3S/c1-5-15(2)13-23-21(25)14-24(20-8-6-7-19(22)17(20)4)28(26,27)18-11-9-16(3)10-12-18/h6-12,15H,5,13-14H2,1-4H3,(H,23,25). The van der Waals surface area contributed by atoms with Crippen molar-refractivity contribution in [3.05, 3.63) is 58.6 Å². The minimum atomic E-state index is -3.94. The third-order valence-corrected chi connectivity index (χ3v) is 6.93. The molecule has 0 bridgehead atoms. The van der Waals surface area contributed by atoms with Crippen molar-refractivity contribution in [3.8, 4) is 0 Å². The van der Waals surface area contributed by atoms with E-state index in [-0.39, 0.29) is 17.3 Å². The molecule has 1 atom stereocenters. The number of hydrogen-bond acceptors (Lipinski definition) is 3. The second kappa shape index (κ2) is 9.43. The van der Waals surface area contributed by atoms with E-state index < -0.39 is 10.0 Å². The zero-order chi connectivity index (χ0) is 20.9. The van der Waals surface area contributed by atoms with E-state index in [4.69, 9.17) is 11.6 Å². The first-order valence-electron chi connectivity index (χ1n) is 9.28. The number of rotatable bonds is 8. The predicted octanol–water partition coefficient (Wildman–Crippen LogP) is 4.31. The van der Waals surface area contributed by atoms with Gasteiger partial charge in [0.25, 0.3) is 10.0 Å². The normalized spacial score (nSPS) is 12.5. The number of aryl methyl sites for hydroxylation is 1. The van der Waals surface area contributed by atoms with E-state index in [1.807, 2.05) is 20.8 Å². The molecular weight excluding hydrogens is 396 g/mol. The fourth-order valence-corrected chi connectivity index (χ4v) is 4.27. The Hall–Kier alpha value is -2.05. The highest BCUT2D eigenvalue weighted by atomic mass is 35.5. The van der Waals surface area contributed by atoms with Crippen molar-refractivity contribution >= 4 is 33.2 Å². The highest BCUT2D eigenvalue weighted by Gasteiger charge is 2.28. The van der Waals surface area contributed by atoms with Crippen LogP contribution >= 0.6 is 11.6 Å². The Morgan fingerprint density at radius 1 is 1.14 bits per heavy atom. The van der Waals surface area contributed by atoms with E-state index in [1.165, 1.54) is 0 Å². The smallest absolute Gasteiger partial charge is 0.264 e. The van der Waals surface area contributed by atoms with Crippen LogP contribution in [0.25, 0.3) is 0 Å². The van der Waals surface area contributed by atoms with Gasteiger partial charge < -0.3 is 5.32 Å². The third kappa shape index (κ3) is 5.26. The van der Waals surface area contributed by atoms with Gasteiger partial charge >= 0.3 is 0 Å². The van der Waals surface area contributed by atoms with E-state index in [9.17, 15) is 13.2 Å². The lowest BCUT2D eigenvalue weighted by Gasteiger charge is -2.26. The second-order valence-electron chi connectivity index (χ2n) is 7.03. The first-order chi connectivity index (χ1) is 13.2. The Labute approximate surface area is 172 Å². The third-order valence-electron chi connectivity index (χ3n) is 4.75. The van der Waals surface area contributed by atoms with Gasteiger partial charge in [-0.3, -0.25) is 9.10 Å². The molecule has 0 heterocycles. The monoisotopic (exact) mass is 422 g/mol. The van der Waals surface area contributed by atoms with E-state index in [1.54, 1.807) is 49.4 Å². The fraction of sp³-hybridized carbons (Fsp3) is 0.381. The van der Waals surface area contributed by atoms with Crippen LogP contribution in [0.15, 0.2) is 47.4 Å². The molecule has 28 heavy (non-hydrogen) atoms. The molecule has 0 aliphatic heterocycles. The van der Waals surface area contributed by atoms with Crippen LogP contribution in [0, 0.1) is 19.8 Å². The zero-order valence-corrected chi connectivity index (χ0v) is 18.3. The predicted molar refractivity (Wildman–Crippen MR) is 114 cm³/mol. The molecule has 2 aromatic carbocycles. The maximum Gasteiger partial charge on any atom is 0.264 e. The zero-order valence-electron chi connectivity index (χ0n) is 16.7. The lowest BCUT2D eigenvalue weighted by molar-refractivity contribution is -0.119. The Bertz CT molecular complexity index is 927. The van der Waals surface area contributed by atoms with Crippen LogP contribution in [0.2, 0.25) is 5.02 Å². The van der Waals surface area contributed by atoms with Crippen LogP contribution in [-0.2, 0) is 14.8 Å². The summed E-state index contributed by atoms with van der Waals surface area (Å²) in [5.74, 6) is -0.0330. The van der Waals surface area contributed by atoms with Gasteiger partial charge in [0.2, 0.25) is 5.91 Å². The van der Waals surface area contributed by atoms with Gasteiger partial charge in [0, 0.05) is 11.6 Å². The Balaban J connectivity index is 2.43. The van der Waals surface area contributed by atoms with Gasteiger partial charge in [-0.1, -0.05) is 55.6 Å². The summed E-state index contributed by atoms with van der Waals surface area (Å²) in [7, 11) is -3.94. The van der Waals surface area contributed by atoms with E-state index in [2.05, 4.69) is 5.32 Å². The Kier molecular flexibility index (Phi) is 7.49. The molecule has 0 saturated heterocycles. The number of benzene rings is 2. The van der Waals surface area contributed by atoms with E-state index >= 15 is 0 Å². The summed E-state index contributed by atoms with van der Waals surface area (Å²) in [4.78, 5) is 12.7. The van der Waals surface area contributed by atoms with Crippen LogP contribution < -0.4 is 9.62 Å². The number of sulfonamides is 1. The number of nitrogens with one attached hydrogen (secondary N) is 1. The highest BCUT2D eigenvalue weighted by molar-refractivity contribution is 7.92. The van der Waals surface area contributed by atoms with Crippen LogP contribution in [-0.4, -0.2) is 27.4 Å². The molecule has 0 aromatic heterocycles. The van der Waals surface area contributed by atoms with Gasteiger partial charge in [-0.15, -0.1) is 0 Å². The topological polar surface area (TPSA) is 66.5 Å². The molecule has 0 aliphatic carbocycles. The summed E-state index contributed by atoms with van der Waals surface area (Å²) in [6, 6.07) is 11.6. The number of halogens is 1. The van der Waals surface area contributed by atoms with Crippen molar-refractivity contribution in [1.29, 1.82) is 0 Å². The number of hydrogen-bond donors (Lipinski definition) is 1. The first kappa shape index (κ1) is 22.2. The average molecular weight is 423 g/mol. The summed E-state index contributed by atoms with van der Waals surface area (Å²) in [6.07, 6.45) is 0.930. The highest BCUT2D eigenvalue weighted by Crippen LogP contribution is 2.30. The summed E-state index contributed by atoms with van der Waals surface area (Å²) in [5, 5.41) is 3.27. The van der Waals surface area contributed by atoms with Crippen molar-refractivity contribution in [2.75, 3.05) is 17.4 Å². The summed E-state index contributed by atoms with van der Waals surface area (Å²) in [6.45, 7) is 7.89. The van der Waals surface area contributed by atoms with Crippen LogP contribution in [0.3, 0.4) is 0 Å². The van der Waals surface area contributed by atoms with Crippen LogP contribution in [0.4, 0.5) is 5.69 Å². The lowest BCUT2D eigenvalue weighted by atomic mass is 10.1. The molecule has 0 fully saturated rings. The van der Waals surface area contributed by atoms with Gasteiger partial charge in [-0.2, -0.15) is 0 Å².